The number of nitrogens with zero attached hydrogens (tertiary/aromatic N) is 2. The minimum Gasteiger partial charge on any atom is -0.490 e. The molecule has 0 aliphatic heterocycles. The summed E-state index contributed by atoms with van der Waals surface area (Å²) in [5.74, 6) is 0.754. The van der Waals surface area contributed by atoms with Crippen LogP contribution in [-0.4, -0.2) is 36.1 Å². The highest BCUT2D eigenvalue weighted by atomic mass is 16.5. The second-order valence-electron chi connectivity index (χ2n) is 5.11. The lowest BCUT2D eigenvalue weighted by molar-refractivity contribution is 0.233. The molecule has 3 rings (SSSR count). The fourth-order valence-electron chi connectivity index (χ4n) is 2.28. The van der Waals surface area contributed by atoms with Crippen LogP contribution in [0.1, 0.15) is 12.8 Å². The summed E-state index contributed by atoms with van der Waals surface area (Å²) in [6.07, 6.45) is 4.41. The monoisotopic (exact) mass is 257 g/mol. The summed E-state index contributed by atoms with van der Waals surface area (Å²) < 4.78 is 5.80. The van der Waals surface area contributed by atoms with Gasteiger partial charge in [0.1, 0.15) is 12.4 Å². The van der Waals surface area contributed by atoms with Crippen molar-refractivity contribution in [2.45, 2.75) is 18.9 Å². The van der Waals surface area contributed by atoms with Gasteiger partial charge in [0.05, 0.1) is 11.2 Å². The predicted molar refractivity (Wildman–Crippen MR) is 77.3 cm³/mol. The SMILES string of the molecule is CN(CCOc1ccc2ncccc2c1N)C1CC1. The Kier molecular flexibility index (Phi) is 3.25. The third-order valence-corrected chi connectivity index (χ3v) is 3.66. The Labute approximate surface area is 113 Å². The van der Waals surface area contributed by atoms with Gasteiger partial charge in [-0.1, -0.05) is 0 Å². The molecule has 1 heterocycles. The summed E-state index contributed by atoms with van der Waals surface area (Å²) in [6.45, 7) is 1.61. The van der Waals surface area contributed by atoms with Gasteiger partial charge in [-0.2, -0.15) is 0 Å². The second kappa shape index (κ2) is 5.05. The van der Waals surface area contributed by atoms with E-state index in [0.29, 0.717) is 12.3 Å². The van der Waals surface area contributed by atoms with E-state index in [1.54, 1.807) is 6.20 Å². The molecule has 0 bridgehead atoms. The van der Waals surface area contributed by atoms with Crippen molar-refractivity contribution in [3.05, 3.63) is 30.5 Å². The third kappa shape index (κ3) is 2.63. The first-order valence-electron chi connectivity index (χ1n) is 6.72. The molecular weight excluding hydrogens is 238 g/mol. The van der Waals surface area contributed by atoms with Crippen LogP contribution in [0.2, 0.25) is 0 Å². The van der Waals surface area contributed by atoms with E-state index >= 15 is 0 Å². The molecule has 1 fully saturated rings. The molecule has 19 heavy (non-hydrogen) atoms. The zero-order valence-electron chi connectivity index (χ0n) is 11.2. The highest BCUT2D eigenvalue weighted by molar-refractivity contribution is 5.93. The minimum absolute atomic E-state index is 0.670. The maximum Gasteiger partial charge on any atom is 0.143 e. The number of rotatable bonds is 5. The Morgan fingerprint density at radius 2 is 2.21 bits per heavy atom. The van der Waals surface area contributed by atoms with Crippen LogP contribution in [0.25, 0.3) is 10.9 Å². The molecule has 1 saturated carbocycles. The molecule has 1 aliphatic carbocycles. The average molecular weight is 257 g/mol. The Hall–Kier alpha value is -1.81. The van der Waals surface area contributed by atoms with Crippen molar-refractivity contribution in [1.29, 1.82) is 0 Å². The summed E-state index contributed by atoms with van der Waals surface area (Å²) in [5, 5.41) is 0.954. The Morgan fingerprint density at radius 3 is 3.00 bits per heavy atom. The van der Waals surface area contributed by atoms with E-state index in [9.17, 15) is 0 Å². The van der Waals surface area contributed by atoms with Crippen LogP contribution in [0.5, 0.6) is 5.75 Å². The number of benzene rings is 1. The quantitative estimate of drug-likeness (QED) is 0.835. The summed E-state index contributed by atoms with van der Waals surface area (Å²) in [6, 6.07) is 8.49. The summed E-state index contributed by atoms with van der Waals surface area (Å²) >= 11 is 0. The number of nitrogen functional groups attached to an aromatic ring is 1. The fraction of sp³-hybridized carbons (Fsp3) is 0.400. The van der Waals surface area contributed by atoms with Gasteiger partial charge < -0.3 is 15.4 Å². The van der Waals surface area contributed by atoms with Gasteiger partial charge in [0.25, 0.3) is 0 Å². The van der Waals surface area contributed by atoms with Crippen LogP contribution in [0, 0.1) is 0 Å². The summed E-state index contributed by atoms with van der Waals surface area (Å²) in [4.78, 5) is 6.63. The van der Waals surface area contributed by atoms with Gasteiger partial charge in [0, 0.05) is 24.2 Å². The number of likely N-dealkylation sites (N-methyl/N-ethyl adjacent to an activating group) is 1. The number of hydrogen-bond donors (Lipinski definition) is 1. The van der Waals surface area contributed by atoms with Crippen LogP contribution in [0.4, 0.5) is 5.69 Å². The van der Waals surface area contributed by atoms with Gasteiger partial charge >= 0.3 is 0 Å². The maximum absolute atomic E-state index is 6.13. The van der Waals surface area contributed by atoms with E-state index in [0.717, 1.165) is 29.2 Å². The van der Waals surface area contributed by atoms with Crippen LogP contribution >= 0.6 is 0 Å². The zero-order chi connectivity index (χ0) is 13.2. The summed E-state index contributed by atoms with van der Waals surface area (Å²) in [7, 11) is 2.15. The largest absolute Gasteiger partial charge is 0.490 e. The average Bonchev–Trinajstić information content (AvgIpc) is 3.26. The number of hydrogen-bond acceptors (Lipinski definition) is 4. The molecule has 2 aromatic rings. The molecule has 1 aliphatic rings. The zero-order valence-corrected chi connectivity index (χ0v) is 11.2. The third-order valence-electron chi connectivity index (χ3n) is 3.66. The molecule has 4 nitrogen and oxygen atoms in total. The van der Waals surface area contributed by atoms with Gasteiger partial charge in [0.2, 0.25) is 0 Å². The lowest BCUT2D eigenvalue weighted by atomic mass is 10.1. The molecule has 0 atom stereocenters. The molecule has 0 spiro atoms. The van der Waals surface area contributed by atoms with Crippen molar-refractivity contribution in [3.63, 3.8) is 0 Å². The lowest BCUT2D eigenvalue weighted by Gasteiger charge is -2.16. The van der Waals surface area contributed by atoms with E-state index in [1.165, 1.54) is 12.8 Å². The number of anilines is 1. The number of nitrogens with two attached hydrogens (primary N) is 1. The Bertz CT molecular complexity index is 581. The van der Waals surface area contributed by atoms with E-state index < -0.39 is 0 Å². The van der Waals surface area contributed by atoms with Crippen molar-refractivity contribution in [2.24, 2.45) is 0 Å². The first-order chi connectivity index (χ1) is 9.25. The molecule has 0 saturated heterocycles. The molecule has 2 N–H and O–H groups in total. The number of pyridine rings is 1. The van der Waals surface area contributed by atoms with Gasteiger partial charge in [-0.3, -0.25) is 4.98 Å². The van der Waals surface area contributed by atoms with Gasteiger partial charge in [0.15, 0.2) is 0 Å². The smallest absolute Gasteiger partial charge is 0.143 e. The van der Waals surface area contributed by atoms with E-state index in [2.05, 4.69) is 16.9 Å². The molecule has 1 aromatic heterocycles. The topological polar surface area (TPSA) is 51.4 Å². The van der Waals surface area contributed by atoms with Crippen molar-refractivity contribution in [1.82, 2.24) is 9.88 Å². The second-order valence-corrected chi connectivity index (χ2v) is 5.11. The Morgan fingerprint density at radius 1 is 1.37 bits per heavy atom. The van der Waals surface area contributed by atoms with Crippen LogP contribution in [-0.2, 0) is 0 Å². The van der Waals surface area contributed by atoms with Crippen molar-refractivity contribution >= 4 is 16.6 Å². The van der Waals surface area contributed by atoms with Gasteiger partial charge in [-0.15, -0.1) is 0 Å². The fourth-order valence-corrected chi connectivity index (χ4v) is 2.28. The van der Waals surface area contributed by atoms with Gasteiger partial charge in [-0.05, 0) is 44.2 Å². The first kappa shape index (κ1) is 12.2. The highest BCUT2D eigenvalue weighted by Crippen LogP contribution is 2.29. The highest BCUT2D eigenvalue weighted by Gasteiger charge is 2.25. The standard InChI is InChI=1S/C15H19N3O/c1-18(11-4-5-11)9-10-19-14-7-6-13-12(15(14)16)3-2-8-17-13/h2-3,6-8,11H,4-5,9-10,16H2,1H3. The molecular formula is C15H19N3O. The van der Waals surface area contributed by atoms with E-state index in [1.807, 2.05) is 24.3 Å². The maximum atomic E-state index is 6.13. The number of ether oxygens (including phenoxy) is 1. The van der Waals surface area contributed by atoms with Crippen molar-refractivity contribution < 1.29 is 4.74 Å². The molecule has 4 heteroatoms. The Balaban J connectivity index is 1.68. The molecule has 0 radical (unpaired) electrons. The van der Waals surface area contributed by atoms with E-state index in [4.69, 9.17) is 10.5 Å². The molecule has 1 aromatic carbocycles. The normalized spacial score (nSPS) is 15.1. The van der Waals surface area contributed by atoms with Crippen molar-refractivity contribution in [3.8, 4) is 5.75 Å². The lowest BCUT2D eigenvalue weighted by Crippen LogP contribution is -2.26. The van der Waals surface area contributed by atoms with Crippen LogP contribution < -0.4 is 10.5 Å². The van der Waals surface area contributed by atoms with Crippen molar-refractivity contribution in [2.75, 3.05) is 25.9 Å². The minimum atomic E-state index is 0.670. The van der Waals surface area contributed by atoms with Crippen LogP contribution in [0.15, 0.2) is 30.5 Å². The molecule has 0 unspecified atom stereocenters. The van der Waals surface area contributed by atoms with Crippen LogP contribution in [0.3, 0.4) is 0 Å². The summed E-state index contributed by atoms with van der Waals surface area (Å²) in [5.41, 5.74) is 7.71. The molecule has 100 valence electrons. The number of fused-ring (bicyclic) bond motifs is 1. The number of aromatic nitrogens is 1. The first-order valence-corrected chi connectivity index (χ1v) is 6.72. The van der Waals surface area contributed by atoms with Gasteiger partial charge in [-0.25, -0.2) is 0 Å². The van der Waals surface area contributed by atoms with E-state index in [-0.39, 0.29) is 0 Å². The molecule has 0 amide bonds. The predicted octanol–water partition coefficient (Wildman–Crippen LogP) is 2.29.